The Labute approximate surface area is 292 Å². The van der Waals surface area contributed by atoms with Crippen LogP contribution in [0.1, 0.15) is 11.1 Å². The average molecular weight is 715 g/mol. The number of hydrogen-bond donors (Lipinski definition) is 2. The van der Waals surface area contributed by atoms with Crippen LogP contribution in [0.15, 0.2) is 60.7 Å². The van der Waals surface area contributed by atoms with E-state index in [1.54, 1.807) is 62.4 Å². The second-order valence-electron chi connectivity index (χ2n) is 10.5. The van der Waals surface area contributed by atoms with E-state index in [9.17, 15) is 0 Å². The predicted octanol–water partition coefficient (Wildman–Crippen LogP) is 9.95. The molecule has 0 unspecified atom stereocenters. The molecule has 0 aliphatic heterocycles. The van der Waals surface area contributed by atoms with Gasteiger partial charge in [0.15, 0.2) is 20.5 Å². The third kappa shape index (κ3) is 6.15. The van der Waals surface area contributed by atoms with E-state index in [0.717, 1.165) is 78.6 Å². The maximum Gasteiger partial charge on any atom is 0.190 e. The normalized spacial score (nSPS) is 11.1. The third-order valence-electron chi connectivity index (χ3n) is 7.47. The van der Waals surface area contributed by atoms with Crippen LogP contribution in [0.25, 0.3) is 40.9 Å². The first kappa shape index (κ1) is 31.8. The zero-order valence-electron chi connectivity index (χ0n) is 26.8. The van der Waals surface area contributed by atoms with Gasteiger partial charge in [-0.1, -0.05) is 69.6 Å². The molecule has 4 aromatic carbocycles. The van der Waals surface area contributed by atoms with E-state index in [1.807, 2.05) is 30.3 Å². The van der Waals surface area contributed by atoms with Gasteiger partial charge in [0.25, 0.3) is 0 Å². The number of methoxy groups -OCH3 is 4. The molecule has 0 aliphatic rings. The molecule has 8 aromatic rings. The predicted molar refractivity (Wildman–Crippen MR) is 201 cm³/mol. The van der Waals surface area contributed by atoms with Crippen LogP contribution in [0.4, 0.5) is 20.5 Å². The lowest BCUT2D eigenvalue weighted by molar-refractivity contribution is 0.397. The molecule has 244 valence electrons. The maximum atomic E-state index is 5.43. The summed E-state index contributed by atoms with van der Waals surface area (Å²) < 4.78 is 25.9. The van der Waals surface area contributed by atoms with Crippen LogP contribution >= 0.6 is 45.3 Å². The Kier molecular flexibility index (Phi) is 8.88. The highest BCUT2D eigenvalue weighted by Crippen LogP contribution is 2.41. The molecule has 48 heavy (non-hydrogen) atoms. The summed E-state index contributed by atoms with van der Waals surface area (Å²) in [6.45, 7) is 4.14. The molecule has 10 nitrogen and oxygen atoms in total. The first-order chi connectivity index (χ1) is 23.4. The number of rotatable bonds is 8. The van der Waals surface area contributed by atoms with Crippen LogP contribution in [0.3, 0.4) is 0 Å². The van der Waals surface area contributed by atoms with Crippen molar-refractivity contribution in [2.24, 2.45) is 0 Å². The molecular weight excluding hydrogens is 685 g/mol. The van der Waals surface area contributed by atoms with Crippen molar-refractivity contribution >= 4 is 107 Å². The Morgan fingerprint density at radius 3 is 1.52 bits per heavy atom. The van der Waals surface area contributed by atoms with Gasteiger partial charge in [0.2, 0.25) is 0 Å². The maximum absolute atomic E-state index is 5.43. The van der Waals surface area contributed by atoms with Gasteiger partial charge in [-0.05, 0) is 55.3 Å². The van der Waals surface area contributed by atoms with Crippen LogP contribution < -0.4 is 29.6 Å². The van der Waals surface area contributed by atoms with Crippen LogP contribution in [-0.2, 0) is 0 Å². The number of aromatic nitrogens is 4. The minimum Gasteiger partial charge on any atom is -0.497 e. The molecule has 0 spiro atoms. The highest BCUT2D eigenvalue weighted by Gasteiger charge is 2.16. The molecule has 0 fully saturated rings. The molecule has 2 N–H and O–H groups in total. The third-order valence-corrected chi connectivity index (χ3v) is 11.2. The van der Waals surface area contributed by atoms with Crippen molar-refractivity contribution in [3.05, 3.63) is 71.8 Å². The molecule has 0 amide bonds. The molecule has 8 rings (SSSR count). The average Bonchev–Trinajstić information content (AvgIpc) is 3.89. The van der Waals surface area contributed by atoms with Crippen LogP contribution in [-0.4, -0.2) is 48.4 Å². The van der Waals surface area contributed by atoms with E-state index < -0.39 is 0 Å². The smallest absolute Gasteiger partial charge is 0.190 e. The van der Waals surface area contributed by atoms with E-state index in [2.05, 4.69) is 74.7 Å². The van der Waals surface area contributed by atoms with Gasteiger partial charge in [-0.3, -0.25) is 0 Å². The lowest BCUT2D eigenvalue weighted by Gasteiger charge is -2.03. The number of para-hydroxylation sites is 2. The molecule has 0 saturated heterocycles. The molecule has 4 heterocycles. The summed E-state index contributed by atoms with van der Waals surface area (Å²) in [6, 6.07) is 20.0. The van der Waals surface area contributed by atoms with Crippen molar-refractivity contribution in [2.75, 3.05) is 39.1 Å². The first-order valence-corrected chi connectivity index (χ1v) is 17.9. The highest BCUT2D eigenvalue weighted by molar-refractivity contribution is 7.25. The highest BCUT2D eigenvalue weighted by atomic mass is 32.1. The monoisotopic (exact) mass is 714 g/mol. The van der Waals surface area contributed by atoms with Gasteiger partial charge in [-0.15, -0.1) is 0 Å². The topological polar surface area (TPSA) is 113 Å². The van der Waals surface area contributed by atoms with E-state index in [0.29, 0.717) is 5.75 Å². The summed E-state index contributed by atoms with van der Waals surface area (Å²) in [6.07, 6.45) is 0. The quantitative estimate of drug-likeness (QED) is 0.158. The molecule has 0 atom stereocenters. The Morgan fingerprint density at radius 2 is 0.979 bits per heavy atom. The van der Waals surface area contributed by atoms with Gasteiger partial charge in [-0.2, -0.15) is 0 Å². The molecule has 14 heteroatoms. The van der Waals surface area contributed by atoms with E-state index >= 15 is 0 Å². The van der Waals surface area contributed by atoms with Crippen LogP contribution in [0.2, 0.25) is 0 Å². The number of fused-ring (bicyclic) bond motifs is 4. The van der Waals surface area contributed by atoms with Gasteiger partial charge < -0.3 is 29.6 Å². The number of thiazole rings is 4. The van der Waals surface area contributed by atoms with Gasteiger partial charge >= 0.3 is 0 Å². The van der Waals surface area contributed by atoms with E-state index in [1.165, 1.54) is 22.5 Å². The number of ether oxygens (including phenoxy) is 4. The number of benzene rings is 4. The number of nitrogens with one attached hydrogen (secondary N) is 2. The lowest BCUT2D eigenvalue weighted by Crippen LogP contribution is -1.89. The molecule has 0 saturated carbocycles. The summed E-state index contributed by atoms with van der Waals surface area (Å²) in [5.41, 5.74) is 6.02. The molecule has 4 aromatic heterocycles. The van der Waals surface area contributed by atoms with Gasteiger partial charge in [-0.25, -0.2) is 19.9 Å². The zero-order valence-corrected chi connectivity index (χ0v) is 30.1. The summed E-state index contributed by atoms with van der Waals surface area (Å²) >= 11 is 6.32. The summed E-state index contributed by atoms with van der Waals surface area (Å²) in [7, 11) is 6.58. The SMILES string of the molecule is COc1cc(OC)c2nc(Nc3nc4c(C)cccc4s3)sc2c1.COc1ccc(OC)c2sc(Nc3nc4c(C)cccc4s3)nc12. The fourth-order valence-corrected chi connectivity index (χ4v) is 9.00. The minimum atomic E-state index is 0.703. The van der Waals surface area contributed by atoms with Gasteiger partial charge in [0.1, 0.15) is 38.7 Å². The van der Waals surface area contributed by atoms with Crippen molar-refractivity contribution < 1.29 is 18.9 Å². The summed E-state index contributed by atoms with van der Waals surface area (Å²) in [4.78, 5) is 18.6. The van der Waals surface area contributed by atoms with Crippen molar-refractivity contribution in [1.29, 1.82) is 0 Å². The molecular formula is C34H30N6O4S4. The largest absolute Gasteiger partial charge is 0.497 e. The second kappa shape index (κ2) is 13.4. The van der Waals surface area contributed by atoms with Crippen LogP contribution in [0, 0.1) is 13.8 Å². The summed E-state index contributed by atoms with van der Waals surface area (Å²) in [5, 5.41) is 9.85. The Morgan fingerprint density at radius 1 is 0.479 bits per heavy atom. The fraction of sp³-hybridized carbons (Fsp3) is 0.176. The number of anilines is 4. The fourth-order valence-electron chi connectivity index (χ4n) is 5.10. The Balaban J connectivity index is 0.000000152. The Hall–Kier alpha value is -4.76. The number of aryl methyl sites for hydroxylation is 2. The van der Waals surface area contributed by atoms with Gasteiger partial charge in [0.05, 0.1) is 53.6 Å². The van der Waals surface area contributed by atoms with Crippen LogP contribution in [0.5, 0.6) is 23.0 Å². The number of hydrogen-bond acceptors (Lipinski definition) is 14. The second-order valence-corrected chi connectivity index (χ2v) is 14.6. The lowest BCUT2D eigenvalue weighted by atomic mass is 10.2. The van der Waals surface area contributed by atoms with E-state index in [4.69, 9.17) is 18.9 Å². The van der Waals surface area contributed by atoms with Crippen molar-refractivity contribution in [3.8, 4) is 23.0 Å². The standard InChI is InChI=1S/2C17H15N3O2S2/c1-9-5-4-6-12-14(9)18-16(23-12)20-17-19-15-11(22-3)7-10(21-2)8-13(15)24-17;1-9-5-4-6-12-13(9)18-16(23-12)20-17-19-14-10(21-2)7-8-11(22-3)15(14)24-17/h2*4-8H,1-3H3,(H,18,19,20). The van der Waals surface area contributed by atoms with Gasteiger partial charge in [0, 0.05) is 6.07 Å². The van der Waals surface area contributed by atoms with Crippen molar-refractivity contribution in [2.45, 2.75) is 13.8 Å². The molecule has 0 bridgehead atoms. The van der Waals surface area contributed by atoms with Crippen molar-refractivity contribution in [3.63, 3.8) is 0 Å². The molecule has 0 aliphatic carbocycles. The van der Waals surface area contributed by atoms with Crippen molar-refractivity contribution in [1.82, 2.24) is 19.9 Å². The number of nitrogens with zero attached hydrogens (tertiary/aromatic N) is 4. The first-order valence-electron chi connectivity index (χ1n) is 14.7. The Bertz CT molecular complexity index is 2370. The van der Waals surface area contributed by atoms with E-state index in [-0.39, 0.29) is 0 Å². The zero-order chi connectivity index (χ0) is 33.4. The summed E-state index contributed by atoms with van der Waals surface area (Å²) in [5.74, 6) is 2.98. The molecule has 0 radical (unpaired) electrons. The minimum absolute atomic E-state index is 0.703.